The first kappa shape index (κ1) is 8.71. The number of hydrogen-bond donors (Lipinski definition) is 2. The molecule has 0 aromatic heterocycles. The third-order valence-corrected chi connectivity index (χ3v) is 1.91. The van der Waals surface area contributed by atoms with Crippen LogP contribution in [0.4, 0.5) is 0 Å². The highest BCUT2D eigenvalue weighted by Crippen LogP contribution is 2.09. The lowest BCUT2D eigenvalue weighted by atomic mass is 10.2. The summed E-state index contributed by atoms with van der Waals surface area (Å²) in [7, 11) is 1.86. The van der Waals surface area contributed by atoms with Gasteiger partial charge in [-0.25, -0.2) is 0 Å². The zero-order valence-electron chi connectivity index (χ0n) is 6.39. The number of hydrazine groups is 1. The highest BCUT2D eigenvalue weighted by molar-refractivity contribution is 9.10. The first-order chi connectivity index (χ1) is 5.33. The summed E-state index contributed by atoms with van der Waals surface area (Å²) in [5, 5.41) is 0. The molecule has 0 aliphatic carbocycles. The van der Waals surface area contributed by atoms with Gasteiger partial charge in [-0.1, -0.05) is 28.1 Å². The van der Waals surface area contributed by atoms with Gasteiger partial charge in [-0.2, -0.15) is 0 Å². The fourth-order valence-corrected chi connectivity index (χ4v) is 1.06. The van der Waals surface area contributed by atoms with Crippen molar-refractivity contribution in [1.29, 1.82) is 0 Å². The number of nitrogens with one attached hydrogen (secondary N) is 2. The van der Waals surface area contributed by atoms with Crippen LogP contribution in [0.3, 0.4) is 0 Å². The lowest BCUT2D eigenvalue weighted by Crippen LogP contribution is -2.26. The zero-order valence-corrected chi connectivity index (χ0v) is 7.98. The van der Waals surface area contributed by atoms with Gasteiger partial charge in [-0.15, -0.1) is 0 Å². The number of benzene rings is 1. The Morgan fingerprint density at radius 1 is 1.27 bits per heavy atom. The van der Waals surface area contributed by atoms with Crippen molar-refractivity contribution in [3.8, 4) is 0 Å². The van der Waals surface area contributed by atoms with Crippen LogP contribution >= 0.6 is 15.9 Å². The Labute approximate surface area is 75.1 Å². The summed E-state index contributed by atoms with van der Waals surface area (Å²) < 4.78 is 1.12. The van der Waals surface area contributed by atoms with Gasteiger partial charge in [0.05, 0.1) is 0 Å². The third-order valence-electron chi connectivity index (χ3n) is 1.38. The van der Waals surface area contributed by atoms with E-state index in [2.05, 4.69) is 38.9 Å². The molecule has 11 heavy (non-hydrogen) atoms. The minimum Gasteiger partial charge on any atom is -0.261 e. The molecular weight excluding hydrogens is 204 g/mol. The molecule has 0 saturated carbocycles. The summed E-state index contributed by atoms with van der Waals surface area (Å²) in [6.45, 7) is 0.851. The molecule has 0 atom stereocenters. The van der Waals surface area contributed by atoms with Crippen molar-refractivity contribution in [2.75, 3.05) is 7.05 Å². The van der Waals surface area contributed by atoms with Crippen LogP contribution in [0.25, 0.3) is 0 Å². The lowest BCUT2D eigenvalue weighted by Gasteiger charge is -2.01. The SMILES string of the molecule is CNNCc1ccc(Br)cc1. The van der Waals surface area contributed by atoms with E-state index in [0.717, 1.165) is 11.0 Å². The van der Waals surface area contributed by atoms with E-state index in [0.29, 0.717) is 0 Å². The second-order valence-electron chi connectivity index (χ2n) is 2.23. The predicted octanol–water partition coefficient (Wildman–Crippen LogP) is 1.67. The maximum atomic E-state index is 3.38. The Morgan fingerprint density at radius 3 is 2.45 bits per heavy atom. The number of rotatable bonds is 3. The van der Waals surface area contributed by atoms with Crippen molar-refractivity contribution >= 4 is 15.9 Å². The maximum absolute atomic E-state index is 3.38. The standard InChI is InChI=1S/C8H11BrN2/c1-10-11-6-7-2-4-8(9)5-3-7/h2-5,10-11H,6H2,1H3. The van der Waals surface area contributed by atoms with Crippen LogP contribution in [0.5, 0.6) is 0 Å². The molecule has 0 fully saturated rings. The van der Waals surface area contributed by atoms with Crippen molar-refractivity contribution < 1.29 is 0 Å². The van der Waals surface area contributed by atoms with Crippen LogP contribution in [-0.2, 0) is 6.54 Å². The van der Waals surface area contributed by atoms with E-state index in [1.165, 1.54) is 5.56 Å². The maximum Gasteiger partial charge on any atom is 0.0350 e. The van der Waals surface area contributed by atoms with Crippen LogP contribution in [0.15, 0.2) is 28.7 Å². The van der Waals surface area contributed by atoms with Gasteiger partial charge < -0.3 is 0 Å². The van der Waals surface area contributed by atoms with E-state index in [1.807, 2.05) is 19.2 Å². The van der Waals surface area contributed by atoms with Gasteiger partial charge in [0.25, 0.3) is 0 Å². The van der Waals surface area contributed by atoms with E-state index in [1.54, 1.807) is 0 Å². The van der Waals surface area contributed by atoms with Crippen LogP contribution in [0.1, 0.15) is 5.56 Å². The summed E-state index contributed by atoms with van der Waals surface area (Å²) in [4.78, 5) is 0. The smallest absolute Gasteiger partial charge is 0.0350 e. The van der Waals surface area contributed by atoms with Crippen LogP contribution in [-0.4, -0.2) is 7.05 Å². The summed E-state index contributed by atoms with van der Waals surface area (Å²) in [5.74, 6) is 0. The molecule has 0 spiro atoms. The van der Waals surface area contributed by atoms with Gasteiger partial charge in [-0.05, 0) is 24.7 Å². The molecule has 0 amide bonds. The van der Waals surface area contributed by atoms with Crippen molar-refractivity contribution in [2.45, 2.75) is 6.54 Å². The van der Waals surface area contributed by atoms with Crippen LogP contribution < -0.4 is 10.9 Å². The van der Waals surface area contributed by atoms with Gasteiger partial charge in [0.15, 0.2) is 0 Å². The Balaban J connectivity index is 2.52. The molecular formula is C8H11BrN2. The molecule has 0 saturated heterocycles. The topological polar surface area (TPSA) is 24.1 Å². The molecule has 0 radical (unpaired) electrons. The van der Waals surface area contributed by atoms with Crippen molar-refractivity contribution in [2.24, 2.45) is 0 Å². The highest BCUT2D eigenvalue weighted by atomic mass is 79.9. The van der Waals surface area contributed by atoms with Gasteiger partial charge >= 0.3 is 0 Å². The number of hydrogen-bond acceptors (Lipinski definition) is 2. The molecule has 60 valence electrons. The Kier molecular flexibility index (Phi) is 3.56. The first-order valence-corrected chi connectivity index (χ1v) is 4.26. The minimum atomic E-state index is 0.851. The molecule has 0 heterocycles. The Morgan fingerprint density at radius 2 is 1.91 bits per heavy atom. The van der Waals surface area contributed by atoms with Gasteiger partial charge in [0.1, 0.15) is 0 Å². The van der Waals surface area contributed by atoms with E-state index in [-0.39, 0.29) is 0 Å². The molecule has 1 aromatic carbocycles. The van der Waals surface area contributed by atoms with Crippen molar-refractivity contribution in [1.82, 2.24) is 10.9 Å². The largest absolute Gasteiger partial charge is 0.261 e. The van der Waals surface area contributed by atoms with Crippen LogP contribution in [0, 0.1) is 0 Å². The van der Waals surface area contributed by atoms with E-state index >= 15 is 0 Å². The molecule has 2 nitrogen and oxygen atoms in total. The lowest BCUT2D eigenvalue weighted by molar-refractivity contribution is 0.596. The zero-order chi connectivity index (χ0) is 8.10. The van der Waals surface area contributed by atoms with E-state index in [4.69, 9.17) is 0 Å². The monoisotopic (exact) mass is 214 g/mol. The fraction of sp³-hybridized carbons (Fsp3) is 0.250. The Hall–Kier alpha value is -0.380. The highest BCUT2D eigenvalue weighted by Gasteiger charge is 1.89. The molecule has 0 unspecified atom stereocenters. The molecule has 0 bridgehead atoms. The summed E-state index contributed by atoms with van der Waals surface area (Å²) in [6.07, 6.45) is 0. The normalized spacial score (nSPS) is 10.0. The second-order valence-corrected chi connectivity index (χ2v) is 3.15. The summed E-state index contributed by atoms with van der Waals surface area (Å²) >= 11 is 3.38. The third kappa shape index (κ3) is 3.01. The van der Waals surface area contributed by atoms with Crippen molar-refractivity contribution in [3.05, 3.63) is 34.3 Å². The average molecular weight is 215 g/mol. The van der Waals surface area contributed by atoms with Crippen molar-refractivity contribution in [3.63, 3.8) is 0 Å². The summed E-state index contributed by atoms with van der Waals surface area (Å²) in [5.41, 5.74) is 7.15. The minimum absolute atomic E-state index is 0.851. The molecule has 1 aromatic rings. The first-order valence-electron chi connectivity index (χ1n) is 3.47. The van der Waals surface area contributed by atoms with Crippen LogP contribution in [0.2, 0.25) is 0 Å². The molecule has 1 rings (SSSR count). The molecule has 0 aliphatic heterocycles. The van der Waals surface area contributed by atoms with Gasteiger partial charge in [0, 0.05) is 11.0 Å². The Bertz CT molecular complexity index is 208. The average Bonchev–Trinajstić information content (AvgIpc) is 2.04. The summed E-state index contributed by atoms with van der Waals surface area (Å²) in [6, 6.07) is 8.22. The molecule has 3 heteroatoms. The second kappa shape index (κ2) is 4.49. The number of halogens is 1. The van der Waals surface area contributed by atoms with E-state index in [9.17, 15) is 0 Å². The van der Waals surface area contributed by atoms with E-state index < -0.39 is 0 Å². The molecule has 2 N–H and O–H groups in total. The fourth-order valence-electron chi connectivity index (χ4n) is 0.793. The predicted molar refractivity (Wildman–Crippen MR) is 50.0 cm³/mol. The van der Waals surface area contributed by atoms with Gasteiger partial charge in [0.2, 0.25) is 0 Å². The molecule has 0 aliphatic rings. The quantitative estimate of drug-likeness (QED) is 0.749. The van der Waals surface area contributed by atoms with Gasteiger partial charge in [-0.3, -0.25) is 10.9 Å².